The van der Waals surface area contributed by atoms with Gasteiger partial charge in [0, 0.05) is 11.4 Å². The van der Waals surface area contributed by atoms with Crippen LogP contribution in [-0.2, 0) is 11.2 Å². The first-order valence-corrected chi connectivity index (χ1v) is 13.7. The van der Waals surface area contributed by atoms with Gasteiger partial charge in [-0.15, -0.1) is 0 Å². The number of ether oxygens (including phenoxy) is 1. The molecule has 0 amide bonds. The third-order valence-corrected chi connectivity index (χ3v) is 9.33. The van der Waals surface area contributed by atoms with Gasteiger partial charge in [-0.2, -0.15) is 0 Å². The van der Waals surface area contributed by atoms with Gasteiger partial charge in [0.25, 0.3) is 0 Å². The first kappa shape index (κ1) is 24.3. The molecular weight excluding hydrogens is 444 g/mol. The highest BCUT2D eigenvalue weighted by molar-refractivity contribution is 6.31. The van der Waals surface area contributed by atoms with Crippen LogP contribution in [-0.4, -0.2) is 28.5 Å². The molecule has 0 aromatic heterocycles. The zero-order valence-electron chi connectivity index (χ0n) is 20.4. The second kappa shape index (κ2) is 10.3. The molecule has 3 aliphatic rings. The maximum absolute atomic E-state index is 10.6. The lowest BCUT2D eigenvalue weighted by Gasteiger charge is -2.37. The van der Waals surface area contributed by atoms with E-state index in [4.69, 9.17) is 16.3 Å². The molecule has 4 unspecified atom stereocenters. The van der Waals surface area contributed by atoms with Crippen LogP contribution in [0, 0.1) is 5.41 Å². The van der Waals surface area contributed by atoms with E-state index in [1.54, 1.807) is 0 Å². The summed E-state index contributed by atoms with van der Waals surface area (Å²) in [4.78, 5) is 0. The fraction of sp³-hybridized carbons (Fsp3) is 0.600. The quantitative estimate of drug-likeness (QED) is 0.477. The zero-order chi connectivity index (χ0) is 23.7. The Morgan fingerprint density at radius 3 is 2.29 bits per heavy atom. The minimum atomic E-state index is -0.921. The molecule has 2 aliphatic carbocycles. The second-order valence-corrected chi connectivity index (χ2v) is 11.5. The Hall–Kier alpha value is -1.39. The average molecular weight is 483 g/mol. The Kier molecular flexibility index (Phi) is 7.37. The molecule has 3 nitrogen and oxygen atoms in total. The monoisotopic (exact) mass is 482 g/mol. The standard InChI is InChI=1S/C30H39ClO3/c1-2-25-19-27(32)28(33)29(34-25)23-9-10-26(31)24(18-23)17-20-5-7-21(8-6-20)22-11-15-30(16-12-22)13-3-4-14-30/h5-10,18,22,25,27-29,32-33H,2-4,11-17,19H2,1H3. The molecule has 2 aromatic carbocycles. The van der Waals surface area contributed by atoms with Crippen molar-refractivity contribution in [3.05, 3.63) is 69.7 Å². The largest absolute Gasteiger partial charge is 0.390 e. The van der Waals surface area contributed by atoms with Crippen molar-refractivity contribution in [2.45, 2.75) is 108 Å². The molecule has 1 spiro atoms. The maximum atomic E-state index is 10.6. The molecule has 3 fully saturated rings. The van der Waals surface area contributed by atoms with Crippen molar-refractivity contribution in [2.24, 2.45) is 5.41 Å². The smallest absolute Gasteiger partial charge is 0.111 e. The molecule has 1 saturated heterocycles. The Morgan fingerprint density at radius 2 is 1.62 bits per heavy atom. The van der Waals surface area contributed by atoms with Crippen LogP contribution >= 0.6 is 11.6 Å². The van der Waals surface area contributed by atoms with Gasteiger partial charge in [-0.25, -0.2) is 0 Å². The van der Waals surface area contributed by atoms with Crippen LogP contribution in [0.4, 0.5) is 0 Å². The lowest BCUT2D eigenvalue weighted by atomic mass is 9.68. The summed E-state index contributed by atoms with van der Waals surface area (Å²) in [6.45, 7) is 2.04. The van der Waals surface area contributed by atoms with E-state index in [1.807, 2.05) is 25.1 Å². The molecule has 0 radical (unpaired) electrons. The SMILES string of the molecule is CCC1CC(O)C(O)C(c2ccc(Cl)c(Cc3ccc(C4CCC5(CCCC5)CC4)cc3)c2)O1. The predicted octanol–water partition coefficient (Wildman–Crippen LogP) is 7.11. The maximum Gasteiger partial charge on any atom is 0.111 e. The average Bonchev–Trinajstić information content (AvgIpc) is 3.31. The number of hydrogen-bond donors (Lipinski definition) is 2. The van der Waals surface area contributed by atoms with Crippen molar-refractivity contribution < 1.29 is 14.9 Å². The molecule has 1 aliphatic heterocycles. The number of benzene rings is 2. The van der Waals surface area contributed by atoms with Crippen LogP contribution < -0.4 is 0 Å². The lowest BCUT2D eigenvalue weighted by molar-refractivity contribution is -0.171. The molecule has 2 saturated carbocycles. The third-order valence-electron chi connectivity index (χ3n) is 8.96. The molecular formula is C30H39ClO3. The molecule has 1 heterocycles. The fourth-order valence-corrected chi connectivity index (χ4v) is 6.90. The van der Waals surface area contributed by atoms with Crippen molar-refractivity contribution in [1.82, 2.24) is 0 Å². The number of hydrogen-bond acceptors (Lipinski definition) is 3. The highest BCUT2D eigenvalue weighted by Crippen LogP contribution is 2.52. The number of halogens is 1. The Balaban J connectivity index is 1.26. The molecule has 34 heavy (non-hydrogen) atoms. The number of aliphatic hydroxyl groups excluding tert-OH is 2. The van der Waals surface area contributed by atoms with E-state index in [1.165, 1.54) is 62.5 Å². The number of aliphatic hydroxyl groups is 2. The fourth-order valence-electron chi connectivity index (χ4n) is 6.72. The van der Waals surface area contributed by atoms with E-state index in [2.05, 4.69) is 24.3 Å². The molecule has 5 rings (SSSR count). The van der Waals surface area contributed by atoms with Gasteiger partial charge in [0.1, 0.15) is 12.2 Å². The molecule has 2 aromatic rings. The van der Waals surface area contributed by atoms with Crippen LogP contribution in [0.1, 0.15) is 105 Å². The highest BCUT2D eigenvalue weighted by atomic mass is 35.5. The van der Waals surface area contributed by atoms with E-state index < -0.39 is 18.3 Å². The summed E-state index contributed by atoms with van der Waals surface area (Å²) >= 11 is 6.57. The van der Waals surface area contributed by atoms with Gasteiger partial charge in [-0.3, -0.25) is 0 Å². The van der Waals surface area contributed by atoms with Crippen molar-refractivity contribution >= 4 is 11.6 Å². The van der Waals surface area contributed by atoms with Crippen LogP contribution in [0.25, 0.3) is 0 Å². The zero-order valence-corrected chi connectivity index (χ0v) is 21.1. The Bertz CT molecular complexity index is 956. The third kappa shape index (κ3) is 5.09. The van der Waals surface area contributed by atoms with Gasteiger partial charge in [-0.1, -0.05) is 67.8 Å². The molecule has 4 atom stereocenters. The van der Waals surface area contributed by atoms with E-state index in [9.17, 15) is 10.2 Å². The summed E-state index contributed by atoms with van der Waals surface area (Å²) in [5.41, 5.74) is 5.30. The number of rotatable bonds is 5. The Morgan fingerprint density at radius 1 is 0.941 bits per heavy atom. The van der Waals surface area contributed by atoms with Gasteiger partial charge >= 0.3 is 0 Å². The minimum Gasteiger partial charge on any atom is -0.390 e. The van der Waals surface area contributed by atoms with Crippen LogP contribution in [0.15, 0.2) is 42.5 Å². The predicted molar refractivity (Wildman–Crippen MR) is 137 cm³/mol. The van der Waals surface area contributed by atoms with Crippen molar-refractivity contribution in [1.29, 1.82) is 0 Å². The summed E-state index contributed by atoms with van der Waals surface area (Å²) in [5.74, 6) is 0.704. The van der Waals surface area contributed by atoms with Crippen molar-refractivity contribution in [3.8, 4) is 0 Å². The lowest BCUT2D eigenvalue weighted by Crippen LogP contribution is -2.43. The van der Waals surface area contributed by atoms with Crippen LogP contribution in [0.3, 0.4) is 0 Å². The van der Waals surface area contributed by atoms with Crippen molar-refractivity contribution in [2.75, 3.05) is 0 Å². The summed E-state index contributed by atoms with van der Waals surface area (Å²) in [5, 5.41) is 21.6. The molecule has 2 N–H and O–H groups in total. The topological polar surface area (TPSA) is 49.7 Å². The van der Waals surface area contributed by atoms with Gasteiger partial charge in [0.2, 0.25) is 0 Å². The normalized spacial score (nSPS) is 29.5. The van der Waals surface area contributed by atoms with Crippen molar-refractivity contribution in [3.63, 3.8) is 0 Å². The van der Waals surface area contributed by atoms with E-state index in [-0.39, 0.29) is 6.10 Å². The van der Waals surface area contributed by atoms with Crippen LogP contribution in [0.2, 0.25) is 5.02 Å². The van der Waals surface area contributed by atoms with Gasteiger partial charge < -0.3 is 14.9 Å². The summed E-state index contributed by atoms with van der Waals surface area (Å²) < 4.78 is 6.11. The van der Waals surface area contributed by atoms with E-state index in [0.29, 0.717) is 17.8 Å². The minimum absolute atomic E-state index is 0.0431. The van der Waals surface area contributed by atoms with Crippen LogP contribution in [0.5, 0.6) is 0 Å². The van der Waals surface area contributed by atoms with Gasteiger partial charge in [-0.05, 0) is 91.0 Å². The molecule has 184 valence electrons. The summed E-state index contributed by atoms with van der Waals surface area (Å²) in [7, 11) is 0. The highest BCUT2D eigenvalue weighted by Gasteiger charge is 2.38. The van der Waals surface area contributed by atoms with E-state index >= 15 is 0 Å². The molecule has 0 bridgehead atoms. The summed E-state index contributed by atoms with van der Waals surface area (Å²) in [6.07, 6.45) is 11.1. The van der Waals surface area contributed by atoms with Gasteiger partial charge in [0.15, 0.2) is 0 Å². The van der Waals surface area contributed by atoms with Gasteiger partial charge in [0.05, 0.1) is 12.2 Å². The Labute approximate surface area is 209 Å². The van der Waals surface area contributed by atoms with E-state index in [0.717, 1.165) is 29.0 Å². The second-order valence-electron chi connectivity index (χ2n) is 11.1. The molecule has 4 heteroatoms. The first-order valence-electron chi connectivity index (χ1n) is 13.3. The summed E-state index contributed by atoms with van der Waals surface area (Å²) in [6, 6.07) is 15.0. The first-order chi connectivity index (χ1) is 16.5.